The van der Waals surface area contributed by atoms with Gasteiger partial charge in [-0.2, -0.15) is 5.26 Å². The standard InChI is InChI=1S/C25H18ClN3O2/c26-20-6-8-21(9-7-20)29-25(30)18(14-27)12-19-15-28-24-11-10-22(13-23(19)24)31-16-17-4-2-1-3-5-17/h1-13,15,28H,16H2,(H,29,30). The van der Waals surface area contributed by atoms with E-state index in [9.17, 15) is 10.1 Å². The van der Waals surface area contributed by atoms with Crippen LogP contribution in [-0.4, -0.2) is 10.9 Å². The summed E-state index contributed by atoms with van der Waals surface area (Å²) in [7, 11) is 0. The van der Waals surface area contributed by atoms with E-state index in [1.165, 1.54) is 0 Å². The number of aromatic nitrogens is 1. The van der Waals surface area contributed by atoms with Crippen LogP contribution in [-0.2, 0) is 11.4 Å². The van der Waals surface area contributed by atoms with Gasteiger partial charge in [-0.3, -0.25) is 4.79 Å². The monoisotopic (exact) mass is 427 g/mol. The molecular weight excluding hydrogens is 410 g/mol. The molecule has 1 amide bonds. The Morgan fingerprint density at radius 3 is 2.61 bits per heavy atom. The number of benzene rings is 3. The number of rotatable bonds is 6. The van der Waals surface area contributed by atoms with Crippen molar-refractivity contribution in [3.05, 3.63) is 101 Å². The molecule has 0 radical (unpaired) electrons. The number of amides is 1. The molecule has 1 aromatic heterocycles. The van der Waals surface area contributed by atoms with E-state index in [0.29, 0.717) is 23.1 Å². The van der Waals surface area contributed by atoms with Gasteiger partial charge < -0.3 is 15.0 Å². The molecular formula is C25H18ClN3O2. The number of nitrogens with zero attached hydrogens (tertiary/aromatic N) is 1. The van der Waals surface area contributed by atoms with Crippen molar-refractivity contribution in [2.24, 2.45) is 0 Å². The highest BCUT2D eigenvalue weighted by Crippen LogP contribution is 2.26. The minimum Gasteiger partial charge on any atom is -0.489 e. The van der Waals surface area contributed by atoms with E-state index in [-0.39, 0.29) is 5.57 Å². The first-order valence-electron chi connectivity index (χ1n) is 9.59. The van der Waals surface area contributed by atoms with Crippen molar-refractivity contribution in [1.29, 1.82) is 5.26 Å². The van der Waals surface area contributed by atoms with E-state index in [1.807, 2.05) is 54.6 Å². The topological polar surface area (TPSA) is 77.9 Å². The molecule has 0 saturated heterocycles. The fourth-order valence-electron chi connectivity index (χ4n) is 3.11. The Bertz CT molecular complexity index is 1290. The zero-order valence-corrected chi connectivity index (χ0v) is 17.2. The number of carbonyl (C=O) groups is 1. The predicted octanol–water partition coefficient (Wildman–Crippen LogP) is 5.95. The maximum Gasteiger partial charge on any atom is 0.266 e. The van der Waals surface area contributed by atoms with Crippen molar-refractivity contribution >= 4 is 40.2 Å². The van der Waals surface area contributed by atoms with Gasteiger partial charge in [0, 0.05) is 33.4 Å². The number of fused-ring (bicyclic) bond motifs is 1. The van der Waals surface area contributed by atoms with Gasteiger partial charge in [0.25, 0.3) is 5.91 Å². The predicted molar refractivity (Wildman–Crippen MR) is 123 cm³/mol. The van der Waals surface area contributed by atoms with Crippen LogP contribution in [0.2, 0.25) is 5.02 Å². The van der Waals surface area contributed by atoms with Crippen LogP contribution in [0.5, 0.6) is 5.75 Å². The molecule has 0 aliphatic heterocycles. The first kappa shape index (κ1) is 20.3. The van der Waals surface area contributed by atoms with E-state index in [4.69, 9.17) is 16.3 Å². The second kappa shape index (κ2) is 9.21. The van der Waals surface area contributed by atoms with Gasteiger partial charge in [-0.1, -0.05) is 41.9 Å². The number of nitriles is 1. The molecule has 5 nitrogen and oxygen atoms in total. The molecule has 31 heavy (non-hydrogen) atoms. The largest absolute Gasteiger partial charge is 0.489 e. The first-order chi connectivity index (χ1) is 15.1. The molecule has 1 heterocycles. The lowest BCUT2D eigenvalue weighted by Gasteiger charge is -2.07. The lowest BCUT2D eigenvalue weighted by atomic mass is 10.1. The van der Waals surface area contributed by atoms with E-state index >= 15 is 0 Å². The Labute approximate surface area is 184 Å². The quantitative estimate of drug-likeness (QED) is 0.295. The average molecular weight is 428 g/mol. The number of hydrogen-bond donors (Lipinski definition) is 2. The molecule has 152 valence electrons. The van der Waals surface area contributed by atoms with Crippen molar-refractivity contribution < 1.29 is 9.53 Å². The molecule has 0 atom stereocenters. The Morgan fingerprint density at radius 1 is 1.10 bits per heavy atom. The molecule has 0 fully saturated rings. The van der Waals surface area contributed by atoms with Gasteiger partial charge in [0.15, 0.2) is 0 Å². The zero-order valence-electron chi connectivity index (χ0n) is 16.4. The summed E-state index contributed by atoms with van der Waals surface area (Å²) in [6.07, 6.45) is 3.32. The van der Waals surface area contributed by atoms with Crippen LogP contribution in [0.1, 0.15) is 11.1 Å². The molecule has 6 heteroatoms. The van der Waals surface area contributed by atoms with Crippen molar-refractivity contribution in [3.63, 3.8) is 0 Å². The van der Waals surface area contributed by atoms with Crippen molar-refractivity contribution in [2.45, 2.75) is 6.61 Å². The maximum absolute atomic E-state index is 12.5. The second-order valence-electron chi connectivity index (χ2n) is 6.86. The van der Waals surface area contributed by atoms with Crippen LogP contribution in [0.4, 0.5) is 5.69 Å². The molecule has 0 saturated carbocycles. The molecule has 4 rings (SSSR count). The average Bonchev–Trinajstić information content (AvgIpc) is 3.20. The van der Waals surface area contributed by atoms with Crippen LogP contribution in [0.15, 0.2) is 84.6 Å². The van der Waals surface area contributed by atoms with Crippen molar-refractivity contribution in [3.8, 4) is 11.8 Å². The molecule has 0 aliphatic carbocycles. The molecule has 0 unspecified atom stereocenters. The van der Waals surface area contributed by atoms with E-state index in [0.717, 1.165) is 22.0 Å². The van der Waals surface area contributed by atoms with Crippen LogP contribution in [0.3, 0.4) is 0 Å². The fraction of sp³-hybridized carbons (Fsp3) is 0.0400. The summed E-state index contributed by atoms with van der Waals surface area (Å²) in [5.41, 5.74) is 3.23. The highest BCUT2D eigenvalue weighted by atomic mass is 35.5. The Morgan fingerprint density at radius 2 is 1.87 bits per heavy atom. The smallest absolute Gasteiger partial charge is 0.266 e. The number of ether oxygens (including phenoxy) is 1. The lowest BCUT2D eigenvalue weighted by Crippen LogP contribution is -2.13. The molecule has 0 spiro atoms. The number of hydrogen-bond acceptors (Lipinski definition) is 3. The summed E-state index contributed by atoms with van der Waals surface area (Å²) in [4.78, 5) is 15.7. The third kappa shape index (κ3) is 4.95. The number of H-pyrrole nitrogens is 1. The summed E-state index contributed by atoms with van der Waals surface area (Å²) >= 11 is 5.87. The SMILES string of the molecule is N#CC(=Cc1c[nH]c2ccc(OCc3ccccc3)cc12)C(=O)Nc1ccc(Cl)cc1. The van der Waals surface area contributed by atoms with Gasteiger partial charge in [0.05, 0.1) is 0 Å². The van der Waals surface area contributed by atoms with Gasteiger partial charge in [0.1, 0.15) is 24.0 Å². The molecule has 2 N–H and O–H groups in total. The number of nitrogens with one attached hydrogen (secondary N) is 2. The normalized spacial score (nSPS) is 11.2. The van der Waals surface area contributed by atoms with Crippen LogP contribution >= 0.6 is 11.6 Å². The summed E-state index contributed by atoms with van der Waals surface area (Å²) in [5.74, 6) is 0.213. The summed E-state index contributed by atoms with van der Waals surface area (Å²) in [5, 5.41) is 13.7. The number of halogens is 1. The third-order valence-corrected chi connectivity index (χ3v) is 4.95. The summed E-state index contributed by atoms with van der Waals surface area (Å²) < 4.78 is 5.90. The molecule has 3 aromatic carbocycles. The van der Waals surface area contributed by atoms with Crippen molar-refractivity contribution in [2.75, 3.05) is 5.32 Å². The Kier molecular flexibility index (Phi) is 6.02. The van der Waals surface area contributed by atoms with Gasteiger partial charge >= 0.3 is 0 Å². The van der Waals surface area contributed by atoms with Gasteiger partial charge in [-0.05, 0) is 54.1 Å². The number of anilines is 1. The minimum atomic E-state index is -0.490. The van der Waals surface area contributed by atoms with Crippen LogP contribution < -0.4 is 10.1 Å². The van der Waals surface area contributed by atoms with Crippen LogP contribution in [0.25, 0.3) is 17.0 Å². The minimum absolute atomic E-state index is 0.00791. The lowest BCUT2D eigenvalue weighted by molar-refractivity contribution is -0.112. The number of aromatic amines is 1. The zero-order chi connectivity index (χ0) is 21.6. The highest BCUT2D eigenvalue weighted by molar-refractivity contribution is 6.30. The second-order valence-corrected chi connectivity index (χ2v) is 7.29. The fourth-order valence-corrected chi connectivity index (χ4v) is 3.23. The van der Waals surface area contributed by atoms with E-state index < -0.39 is 5.91 Å². The first-order valence-corrected chi connectivity index (χ1v) is 9.97. The summed E-state index contributed by atoms with van der Waals surface area (Å²) in [6.45, 7) is 0.453. The Balaban J connectivity index is 1.55. The third-order valence-electron chi connectivity index (χ3n) is 4.70. The molecule has 0 aliphatic rings. The van der Waals surface area contributed by atoms with Crippen molar-refractivity contribution in [1.82, 2.24) is 4.98 Å². The van der Waals surface area contributed by atoms with Gasteiger partial charge in [-0.15, -0.1) is 0 Å². The van der Waals surface area contributed by atoms with Gasteiger partial charge in [-0.25, -0.2) is 0 Å². The van der Waals surface area contributed by atoms with Gasteiger partial charge in [0.2, 0.25) is 0 Å². The summed E-state index contributed by atoms with van der Waals surface area (Å²) in [6, 6.07) is 24.3. The maximum atomic E-state index is 12.5. The number of carbonyl (C=O) groups excluding carboxylic acids is 1. The van der Waals surface area contributed by atoms with Crippen LogP contribution in [0, 0.1) is 11.3 Å². The van der Waals surface area contributed by atoms with E-state index in [2.05, 4.69) is 10.3 Å². The molecule has 0 bridgehead atoms. The van der Waals surface area contributed by atoms with E-state index in [1.54, 1.807) is 36.5 Å². The highest BCUT2D eigenvalue weighted by Gasteiger charge is 2.12. The molecule has 4 aromatic rings. The Hall–Kier alpha value is -4.01.